The molecular weight excluding hydrogens is 211 g/mol. The van der Waals surface area contributed by atoms with Crippen LogP contribution in [-0.2, 0) is 4.79 Å². The number of aliphatic carboxylic acids is 1. The van der Waals surface area contributed by atoms with E-state index < -0.39 is 30.5 Å². The van der Waals surface area contributed by atoms with E-state index in [4.69, 9.17) is 10.8 Å². The molecule has 1 unspecified atom stereocenters. The van der Waals surface area contributed by atoms with E-state index in [9.17, 15) is 18.0 Å². The Morgan fingerprint density at radius 2 is 1.92 bits per heavy atom. The molecule has 0 aliphatic rings. The number of hydrogen-bond donors (Lipinski definition) is 2. The second-order valence-corrected chi connectivity index (χ2v) is 2.62. The van der Waals surface area contributed by atoms with Crippen LogP contribution in [0.5, 0.6) is 0 Å². The van der Waals surface area contributed by atoms with Crippen molar-refractivity contribution in [1.82, 2.24) is 0 Å². The number of nitrogens with two attached hydrogens (primary N) is 1. The molecule has 13 heavy (non-hydrogen) atoms. The Bertz CT molecular complexity index is 174. The first-order valence-corrected chi connectivity index (χ1v) is 3.30. The van der Waals surface area contributed by atoms with Gasteiger partial charge in [-0.15, -0.1) is 12.4 Å². The summed E-state index contributed by atoms with van der Waals surface area (Å²) < 4.78 is 35.5. The Kier molecular flexibility index (Phi) is 6.10. The zero-order valence-corrected chi connectivity index (χ0v) is 7.65. The monoisotopic (exact) mass is 221 g/mol. The summed E-state index contributed by atoms with van der Waals surface area (Å²) in [6.45, 7) is 0.906. The fraction of sp³-hybridized carbons (Fsp3) is 0.833. The smallest absolute Gasteiger partial charge is 0.391 e. The molecule has 0 aliphatic carbocycles. The van der Waals surface area contributed by atoms with Crippen molar-refractivity contribution in [1.29, 1.82) is 0 Å². The minimum atomic E-state index is -4.37. The minimum Gasteiger partial charge on any atom is -0.480 e. The molecule has 80 valence electrons. The van der Waals surface area contributed by atoms with Gasteiger partial charge in [0.1, 0.15) is 6.04 Å². The maximum Gasteiger partial charge on any atom is 0.391 e. The maximum absolute atomic E-state index is 11.8. The molecule has 0 radical (unpaired) electrons. The van der Waals surface area contributed by atoms with Gasteiger partial charge in [0.05, 0.1) is 5.92 Å². The van der Waals surface area contributed by atoms with E-state index in [1.165, 1.54) is 0 Å². The number of carboxylic acids is 1. The summed E-state index contributed by atoms with van der Waals surface area (Å²) >= 11 is 0. The first kappa shape index (κ1) is 15.0. The molecule has 0 bridgehead atoms. The number of carbonyl (C=O) groups is 1. The minimum absolute atomic E-state index is 0. The molecule has 0 saturated carbocycles. The van der Waals surface area contributed by atoms with Crippen molar-refractivity contribution in [3.8, 4) is 0 Å². The summed E-state index contributed by atoms with van der Waals surface area (Å²) in [5.41, 5.74) is 4.91. The number of carboxylic acid groups (broad SMARTS) is 1. The van der Waals surface area contributed by atoms with Crippen LogP contribution in [0.15, 0.2) is 0 Å². The van der Waals surface area contributed by atoms with E-state index in [0.717, 1.165) is 6.92 Å². The first-order valence-electron chi connectivity index (χ1n) is 3.30. The molecule has 0 saturated heterocycles. The van der Waals surface area contributed by atoms with Gasteiger partial charge >= 0.3 is 12.1 Å². The van der Waals surface area contributed by atoms with Crippen molar-refractivity contribution < 1.29 is 23.1 Å². The molecule has 0 aromatic carbocycles. The van der Waals surface area contributed by atoms with Crippen molar-refractivity contribution in [3.63, 3.8) is 0 Å². The Morgan fingerprint density at radius 1 is 1.54 bits per heavy atom. The molecule has 7 heteroatoms. The van der Waals surface area contributed by atoms with Gasteiger partial charge in [-0.1, -0.05) is 6.92 Å². The van der Waals surface area contributed by atoms with E-state index in [-0.39, 0.29) is 12.4 Å². The molecule has 0 amide bonds. The van der Waals surface area contributed by atoms with Gasteiger partial charge in [0.25, 0.3) is 0 Å². The number of hydrogen-bond acceptors (Lipinski definition) is 2. The lowest BCUT2D eigenvalue weighted by molar-refractivity contribution is -0.173. The summed E-state index contributed by atoms with van der Waals surface area (Å²) in [6.07, 6.45) is -4.95. The van der Waals surface area contributed by atoms with Crippen molar-refractivity contribution >= 4 is 18.4 Å². The van der Waals surface area contributed by atoms with Crippen LogP contribution >= 0.6 is 12.4 Å². The molecule has 0 aromatic rings. The van der Waals surface area contributed by atoms with Crippen LogP contribution in [0.25, 0.3) is 0 Å². The molecule has 0 rings (SSSR count). The number of rotatable bonds is 3. The lowest BCUT2D eigenvalue weighted by Crippen LogP contribution is -2.35. The van der Waals surface area contributed by atoms with Crippen LogP contribution in [0.3, 0.4) is 0 Å². The van der Waals surface area contributed by atoms with Crippen LogP contribution in [0.2, 0.25) is 0 Å². The van der Waals surface area contributed by atoms with Crippen molar-refractivity contribution in [3.05, 3.63) is 0 Å². The van der Waals surface area contributed by atoms with Crippen LogP contribution in [0.1, 0.15) is 13.3 Å². The highest BCUT2D eigenvalue weighted by Gasteiger charge is 2.37. The average Bonchev–Trinajstić information content (AvgIpc) is 1.85. The molecule has 0 aromatic heterocycles. The molecule has 0 spiro atoms. The third-order valence-electron chi connectivity index (χ3n) is 1.48. The van der Waals surface area contributed by atoms with Gasteiger partial charge in [-0.2, -0.15) is 13.2 Å². The Labute approximate surface area is 79.5 Å². The third-order valence-corrected chi connectivity index (χ3v) is 1.48. The quantitative estimate of drug-likeness (QED) is 0.757. The topological polar surface area (TPSA) is 63.3 Å². The Morgan fingerprint density at radius 3 is 2.15 bits per heavy atom. The van der Waals surface area contributed by atoms with Crippen LogP contribution in [0.4, 0.5) is 13.2 Å². The Hall–Kier alpha value is -0.490. The van der Waals surface area contributed by atoms with Crippen LogP contribution in [0, 0.1) is 5.92 Å². The fourth-order valence-electron chi connectivity index (χ4n) is 0.615. The molecule has 3 N–H and O–H groups in total. The SMILES string of the molecule is CC(C[C@@H](N)C(=O)O)C(F)(F)F.Cl. The van der Waals surface area contributed by atoms with Gasteiger partial charge in [0, 0.05) is 0 Å². The molecule has 2 atom stereocenters. The normalized spacial score (nSPS) is 15.8. The van der Waals surface area contributed by atoms with Crippen LogP contribution in [-0.4, -0.2) is 23.3 Å². The largest absolute Gasteiger partial charge is 0.480 e. The predicted octanol–water partition coefficient (Wildman–Crippen LogP) is 1.41. The first-order chi connectivity index (χ1) is 5.25. The molecule has 3 nitrogen and oxygen atoms in total. The molecule has 0 aliphatic heterocycles. The lowest BCUT2D eigenvalue weighted by atomic mass is 10.0. The van der Waals surface area contributed by atoms with E-state index in [1.807, 2.05) is 0 Å². The third kappa shape index (κ3) is 5.70. The van der Waals surface area contributed by atoms with Gasteiger partial charge in [-0.3, -0.25) is 4.79 Å². The zero-order valence-electron chi connectivity index (χ0n) is 6.84. The number of alkyl halides is 3. The van der Waals surface area contributed by atoms with E-state index >= 15 is 0 Å². The molecule has 0 heterocycles. The van der Waals surface area contributed by atoms with Gasteiger partial charge < -0.3 is 10.8 Å². The highest BCUT2D eigenvalue weighted by atomic mass is 35.5. The highest BCUT2D eigenvalue weighted by Crippen LogP contribution is 2.28. The van der Waals surface area contributed by atoms with E-state index in [0.29, 0.717) is 0 Å². The summed E-state index contributed by atoms with van der Waals surface area (Å²) in [5.74, 6) is -3.09. The van der Waals surface area contributed by atoms with Gasteiger partial charge in [0.2, 0.25) is 0 Å². The fourth-order valence-corrected chi connectivity index (χ4v) is 0.615. The van der Waals surface area contributed by atoms with E-state index in [2.05, 4.69) is 0 Å². The van der Waals surface area contributed by atoms with Crippen molar-refractivity contribution in [2.75, 3.05) is 0 Å². The predicted molar refractivity (Wildman–Crippen MR) is 42.7 cm³/mol. The Balaban J connectivity index is 0. The van der Waals surface area contributed by atoms with Gasteiger partial charge in [-0.25, -0.2) is 0 Å². The standard InChI is InChI=1S/C6H10F3NO2.ClH/c1-3(6(7,8)9)2-4(10)5(11)12;/h3-4H,2,10H2,1H3,(H,11,12);1H/t3?,4-;/m1./s1. The summed E-state index contributed by atoms with van der Waals surface area (Å²) in [7, 11) is 0. The molecule has 0 fully saturated rings. The summed E-state index contributed by atoms with van der Waals surface area (Å²) in [4.78, 5) is 10.1. The highest BCUT2D eigenvalue weighted by molar-refractivity contribution is 5.85. The number of halogens is 4. The van der Waals surface area contributed by atoms with Crippen LogP contribution < -0.4 is 5.73 Å². The average molecular weight is 222 g/mol. The van der Waals surface area contributed by atoms with Crippen molar-refractivity contribution in [2.24, 2.45) is 11.7 Å². The van der Waals surface area contributed by atoms with Gasteiger partial charge in [-0.05, 0) is 6.42 Å². The second kappa shape index (κ2) is 5.29. The van der Waals surface area contributed by atoms with E-state index in [1.54, 1.807) is 0 Å². The lowest BCUT2D eigenvalue weighted by Gasteiger charge is -2.16. The van der Waals surface area contributed by atoms with Crippen molar-refractivity contribution in [2.45, 2.75) is 25.6 Å². The summed E-state index contributed by atoms with van der Waals surface area (Å²) in [5, 5.41) is 8.20. The van der Waals surface area contributed by atoms with Gasteiger partial charge in [0.15, 0.2) is 0 Å². The zero-order chi connectivity index (χ0) is 9.94. The summed E-state index contributed by atoms with van der Waals surface area (Å²) in [6, 6.07) is -1.44. The second-order valence-electron chi connectivity index (χ2n) is 2.62. The maximum atomic E-state index is 11.8. The molecular formula is C6H11ClF3NO2.